The first kappa shape index (κ1) is 2.20. The summed E-state index contributed by atoms with van der Waals surface area (Å²) in [6.07, 6.45) is -0.632. The molecule has 0 saturated heterocycles. The van der Waals surface area contributed by atoms with E-state index in [0.29, 0.717) is 0 Å². The van der Waals surface area contributed by atoms with E-state index in [1.807, 2.05) is 0 Å². The number of hydrogen-bond acceptors (Lipinski definition) is 2. The van der Waals surface area contributed by atoms with Gasteiger partial charge in [-0.2, -0.15) is 0 Å². The van der Waals surface area contributed by atoms with Gasteiger partial charge in [-0.25, -0.2) is 9.97 Å². The Kier molecular flexibility index (Phi) is 0.428. The van der Waals surface area contributed by atoms with Gasteiger partial charge in [0.15, 0.2) is 5.65 Å². The van der Waals surface area contributed by atoms with Crippen LogP contribution < -0.4 is 0 Å². The Hall–Kier alpha value is -1.10. The van der Waals surface area contributed by atoms with Gasteiger partial charge in [0.1, 0.15) is 8.26 Å². The van der Waals surface area contributed by atoms with E-state index in [0.717, 1.165) is 0 Å². The number of nitrogens with one attached hydrogen (secondary N) is 2. The summed E-state index contributed by atoms with van der Waals surface area (Å²) < 4.78 is 43.5. The van der Waals surface area contributed by atoms with Gasteiger partial charge in [-0.1, -0.05) is 0 Å². The molecule has 0 bridgehead atoms. The van der Waals surface area contributed by atoms with E-state index in [2.05, 4.69) is 19.9 Å². The summed E-state index contributed by atoms with van der Waals surface area (Å²) in [4.78, 5) is 12.0. The Bertz CT molecular complexity index is 656. The second kappa shape index (κ2) is 1.95. The highest BCUT2D eigenvalue weighted by Crippen LogP contribution is 2.02. The summed E-state index contributed by atoms with van der Waals surface area (Å²) in [7, 11) is 0. The molecule has 5 heteroatoms. The lowest BCUT2D eigenvalue weighted by atomic mass is 10.6. The lowest BCUT2D eigenvalue weighted by Gasteiger charge is -1.86. The van der Waals surface area contributed by atoms with Gasteiger partial charge in [0.25, 0.3) is 0 Å². The van der Waals surface area contributed by atoms with Crippen molar-refractivity contribution in [2.75, 3.05) is 0 Å². The van der Waals surface area contributed by atoms with Crippen LogP contribution in [0.5, 0.6) is 0 Å². The predicted octanol–water partition coefficient (Wildman–Crippen LogP) is -0.0553. The average molecular weight is 162 g/mol. The molecule has 0 atom stereocenters. The summed E-state index contributed by atoms with van der Waals surface area (Å²) in [6, 6.07) is 0. The average Bonchev–Trinajstić information content (AvgIpc) is 2.39. The van der Waals surface area contributed by atoms with Crippen molar-refractivity contribution in [1.29, 1.82) is 4.50 Å². The van der Waals surface area contributed by atoms with Gasteiger partial charge >= 0.3 is 0 Å². The monoisotopic (exact) mass is 162 g/mol. The van der Waals surface area contributed by atoms with Crippen LogP contribution in [0.1, 0.15) is 2.74 Å². The van der Waals surface area contributed by atoms with Crippen LogP contribution in [-0.4, -0.2) is 24.4 Å². The lowest BCUT2D eigenvalue weighted by Crippen LogP contribution is -1.80. The minimum Gasteiger partial charge on any atom is -0.341 e. The second-order valence-electron chi connectivity index (χ2n) is 1.73. The van der Waals surface area contributed by atoms with Crippen LogP contribution in [0.4, 0.5) is 0 Å². The number of H-pyrrole nitrogens is 2. The van der Waals surface area contributed by atoms with E-state index < -0.39 is 22.8 Å². The quantitative estimate of drug-likeness (QED) is 0.533. The molecule has 0 radical (unpaired) electrons. The van der Waals surface area contributed by atoms with Crippen molar-refractivity contribution in [3.8, 4) is 0 Å². The van der Waals surface area contributed by atoms with E-state index >= 15 is 0 Å². The molecule has 2 N–H and O–H groups in total. The molecule has 0 saturated carbocycles. The smallest absolute Gasteiger partial charge is 0.159 e. The molecule has 0 unspecified atom stereocenters. The third-order valence-electron chi connectivity index (χ3n) is 1.13. The molecule has 0 aliphatic heterocycles. The minimum atomic E-state index is -4.84. The molecule has 4 nitrogen and oxygen atoms in total. The highest BCUT2D eigenvalue weighted by molar-refractivity contribution is 7.71. The molecule has 0 fully saturated rings. The third-order valence-corrected chi connectivity index (χ3v) is 1.43. The number of hydrogen-bond donors (Lipinski definition) is 2. The van der Waals surface area contributed by atoms with Gasteiger partial charge in [0.05, 0.1) is 21.7 Å². The molecule has 2 aromatic rings. The fourth-order valence-electron chi connectivity index (χ4n) is 0.688. The van der Waals surface area contributed by atoms with Crippen molar-refractivity contribution in [3.63, 3.8) is 0 Å². The fourth-order valence-corrected chi connectivity index (χ4v) is 0.881. The normalized spacial score (nSPS) is 24.6. The number of fused-ring (bicyclic) bond motifs is 1. The van der Waals surface area contributed by atoms with E-state index in [-0.39, 0.29) is 17.5 Å². The highest BCUT2D eigenvalue weighted by Gasteiger charge is 1.93. The van der Waals surface area contributed by atoms with Crippen LogP contribution in [-0.2, 0) is 0 Å². The van der Waals surface area contributed by atoms with Gasteiger partial charge in [0.2, 0.25) is 0 Å². The summed E-state index contributed by atoms with van der Waals surface area (Å²) in [5.41, 5.74) is 0.0556. The Morgan fingerprint density at radius 1 is 1.50 bits per heavy atom. The zero-order valence-electron chi connectivity index (χ0n) is 10.8. The first-order chi connectivity index (χ1) is 7.13. The van der Waals surface area contributed by atoms with Gasteiger partial charge in [0, 0.05) is 0 Å². The maximum absolute atomic E-state index is 7.35. The molecular formula is C5H8N4S. The Balaban J connectivity index is 3.19. The van der Waals surface area contributed by atoms with E-state index in [9.17, 15) is 0 Å². The van der Waals surface area contributed by atoms with Gasteiger partial charge in [-0.15, -0.1) is 0 Å². The molecule has 54 valence electrons. The van der Waals surface area contributed by atoms with E-state index in [1.54, 1.807) is 0 Å². The van der Waals surface area contributed by atoms with Gasteiger partial charge in [-0.05, 0) is 0 Å². The molecule has 0 amide bonds. The van der Waals surface area contributed by atoms with Crippen LogP contribution in [0.2, 0.25) is 0 Å². The van der Waals surface area contributed by atoms with Crippen LogP contribution in [0.3, 0.4) is 0 Å². The number of nitrogens with zero attached hydrogens (tertiary/aromatic N) is 2. The zero-order chi connectivity index (χ0) is 12.2. The van der Waals surface area contributed by atoms with Crippen molar-refractivity contribution in [1.82, 2.24) is 19.9 Å². The number of aromatic nitrogens is 4. The lowest BCUT2D eigenvalue weighted by molar-refractivity contribution is 1.18. The molecule has 10 heavy (non-hydrogen) atoms. The highest BCUT2D eigenvalue weighted by atomic mass is 32.1. The van der Waals surface area contributed by atoms with Crippen molar-refractivity contribution >= 4 is 23.0 Å². The number of aromatic amines is 2. The Labute approximate surface area is 68.5 Å². The first-order valence-electron chi connectivity index (χ1n) is 5.23. The van der Waals surface area contributed by atoms with E-state index in [4.69, 9.17) is 7.24 Å². The van der Waals surface area contributed by atoms with Crippen molar-refractivity contribution in [3.05, 3.63) is 17.2 Å². The summed E-state index contributed by atoms with van der Waals surface area (Å²) in [6.45, 7) is 0. The predicted molar refractivity (Wildman–Crippen MR) is 44.7 cm³/mol. The van der Waals surface area contributed by atoms with Gasteiger partial charge < -0.3 is 9.97 Å². The fraction of sp³-hybridized carbons (Fsp3) is 0. The van der Waals surface area contributed by atoms with Crippen molar-refractivity contribution in [2.45, 2.75) is 0 Å². The summed E-state index contributed by atoms with van der Waals surface area (Å²) in [5.74, 6) is 0. The standard InChI is InChI=1S/C5H8N4S/c10-5-3-4(7-1-6-3)8-2-9-5/h1-2H,10H4,(H,6,7)(H,8,9)/i1D,2D,10D4. The molecule has 2 aromatic heterocycles. The third kappa shape index (κ3) is 0.672. The first-order valence-corrected chi connectivity index (χ1v) is 3.01. The number of imidazole rings is 1. The van der Waals surface area contributed by atoms with Crippen LogP contribution in [0.25, 0.3) is 11.2 Å². The van der Waals surface area contributed by atoms with Crippen LogP contribution in [0, 0.1) is 4.64 Å². The topological polar surface area (TPSA) is 57.4 Å². The Morgan fingerprint density at radius 3 is 3.30 bits per heavy atom. The van der Waals surface area contributed by atoms with Gasteiger partial charge in [-0.3, -0.25) is 11.8 Å². The minimum absolute atomic E-state index is 0.00185. The molecule has 0 aliphatic rings. The summed E-state index contributed by atoms with van der Waals surface area (Å²) >= 11 is -4.84. The number of rotatable bonds is 0. The van der Waals surface area contributed by atoms with E-state index in [1.165, 1.54) is 0 Å². The molecule has 2 heterocycles. The van der Waals surface area contributed by atoms with Crippen molar-refractivity contribution in [2.24, 2.45) is 0 Å². The SMILES string of the molecule is [2H]c1nc(=S([2H])([2H])([2H])[2H])c2[nH]c([2H])nc2[nH]1. The summed E-state index contributed by atoms with van der Waals surface area (Å²) in [5, 5.41) is 0. The molecule has 0 spiro atoms. The molecular weight excluding hydrogens is 148 g/mol. The van der Waals surface area contributed by atoms with Crippen LogP contribution in [0.15, 0.2) is 12.6 Å². The maximum atomic E-state index is 7.35. The molecule has 2 rings (SSSR count). The largest absolute Gasteiger partial charge is 0.341 e. The zero-order valence-corrected chi connectivity index (χ0v) is 5.62. The van der Waals surface area contributed by atoms with Crippen LogP contribution >= 0.6 is 11.8 Å². The maximum Gasteiger partial charge on any atom is 0.159 e. The Morgan fingerprint density at radius 2 is 2.40 bits per heavy atom. The molecule has 0 aromatic carbocycles. The molecule has 0 aliphatic carbocycles. The second-order valence-corrected chi connectivity index (χ2v) is 2.11. The van der Waals surface area contributed by atoms with Crippen molar-refractivity contribution < 1.29 is 2.74 Å².